The number of ether oxygens (including phenoxy) is 3. The van der Waals surface area contributed by atoms with E-state index in [0.29, 0.717) is 38.7 Å². The molecule has 33 heavy (non-hydrogen) atoms. The Kier molecular flexibility index (Phi) is 10.5. The Bertz CT molecular complexity index is 909. The number of fused-ring (bicyclic) bond motifs is 1. The monoisotopic (exact) mass is 570 g/mol. The molecule has 0 amide bonds. The summed E-state index contributed by atoms with van der Waals surface area (Å²) in [6, 6.07) is 12.5. The second-order valence-corrected chi connectivity index (χ2v) is 7.83. The Morgan fingerprint density at radius 3 is 2.64 bits per heavy atom. The molecule has 2 aliphatic heterocycles. The van der Waals surface area contributed by atoms with E-state index in [1.807, 2.05) is 24.3 Å². The van der Waals surface area contributed by atoms with Gasteiger partial charge in [0.05, 0.1) is 33.0 Å². The van der Waals surface area contributed by atoms with Crippen LogP contribution in [0.5, 0.6) is 11.5 Å². The maximum absolute atomic E-state index is 13.5. The number of guanidine groups is 1. The molecule has 0 aromatic heterocycles. The molecule has 4 rings (SSSR count). The van der Waals surface area contributed by atoms with Crippen molar-refractivity contribution < 1.29 is 18.6 Å². The summed E-state index contributed by atoms with van der Waals surface area (Å²) in [4.78, 5) is 7.11. The average Bonchev–Trinajstić information content (AvgIpc) is 3.05. The van der Waals surface area contributed by atoms with Gasteiger partial charge >= 0.3 is 0 Å². The van der Waals surface area contributed by atoms with Crippen LogP contribution >= 0.6 is 24.0 Å². The minimum absolute atomic E-state index is 0. The molecular formula is C24H32FIN4O3. The topological polar surface area (TPSA) is 67.4 Å². The molecule has 0 bridgehead atoms. The average molecular weight is 570 g/mol. The standard InChI is InChI=1S/C24H31FN4O3.HI/c25-20-4-1-3-19(17-20)7-8-26-24(27-9-10-29-11-15-30-16-12-29)28-21-5-6-22-23(18-21)32-14-2-13-31-22;/h1,3-6,17-18H,2,7-16H2,(H2,26,27,28);1H. The number of nitrogens with zero attached hydrogens (tertiary/aromatic N) is 2. The van der Waals surface area contributed by atoms with Gasteiger partial charge in [-0.05, 0) is 36.2 Å². The Morgan fingerprint density at radius 1 is 1.00 bits per heavy atom. The number of benzene rings is 2. The van der Waals surface area contributed by atoms with Gasteiger partial charge in [0.25, 0.3) is 0 Å². The highest BCUT2D eigenvalue weighted by atomic mass is 127. The lowest BCUT2D eigenvalue weighted by Crippen LogP contribution is -2.38. The molecule has 0 unspecified atom stereocenters. The molecule has 7 nitrogen and oxygen atoms in total. The zero-order valence-corrected chi connectivity index (χ0v) is 21.1. The van der Waals surface area contributed by atoms with Gasteiger partial charge in [0, 0.05) is 44.4 Å². The van der Waals surface area contributed by atoms with E-state index in [9.17, 15) is 4.39 Å². The van der Waals surface area contributed by atoms with Crippen LogP contribution < -0.4 is 20.1 Å². The van der Waals surface area contributed by atoms with E-state index in [1.54, 1.807) is 12.1 Å². The van der Waals surface area contributed by atoms with Crippen molar-refractivity contribution in [2.75, 3.05) is 64.5 Å². The molecular weight excluding hydrogens is 538 g/mol. The minimum Gasteiger partial charge on any atom is -0.490 e. The number of aliphatic imine (C=N–C) groups is 1. The predicted molar refractivity (Wildman–Crippen MR) is 139 cm³/mol. The molecule has 0 spiro atoms. The fourth-order valence-electron chi connectivity index (χ4n) is 3.66. The molecule has 180 valence electrons. The minimum atomic E-state index is -0.216. The summed E-state index contributed by atoms with van der Waals surface area (Å²) >= 11 is 0. The molecule has 2 aromatic carbocycles. The molecule has 9 heteroatoms. The molecule has 2 aromatic rings. The molecule has 0 saturated carbocycles. The zero-order valence-electron chi connectivity index (χ0n) is 18.7. The van der Waals surface area contributed by atoms with Crippen LogP contribution in [0, 0.1) is 5.82 Å². The van der Waals surface area contributed by atoms with Crippen LogP contribution in [0.15, 0.2) is 47.5 Å². The highest BCUT2D eigenvalue weighted by Gasteiger charge is 2.12. The van der Waals surface area contributed by atoms with E-state index < -0.39 is 0 Å². The second-order valence-electron chi connectivity index (χ2n) is 7.83. The van der Waals surface area contributed by atoms with E-state index in [2.05, 4.69) is 15.5 Å². The van der Waals surface area contributed by atoms with Crippen molar-refractivity contribution in [1.29, 1.82) is 0 Å². The summed E-state index contributed by atoms with van der Waals surface area (Å²) in [6.07, 6.45) is 1.57. The maximum atomic E-state index is 13.5. The van der Waals surface area contributed by atoms with Gasteiger partial charge in [0.2, 0.25) is 0 Å². The van der Waals surface area contributed by atoms with Crippen LogP contribution in [-0.4, -0.2) is 70.0 Å². The number of anilines is 1. The lowest BCUT2D eigenvalue weighted by atomic mass is 10.1. The van der Waals surface area contributed by atoms with Gasteiger partial charge in [-0.3, -0.25) is 9.89 Å². The Balaban J connectivity index is 0.00000306. The van der Waals surface area contributed by atoms with E-state index in [0.717, 1.165) is 62.0 Å². The van der Waals surface area contributed by atoms with Gasteiger partial charge in [-0.2, -0.15) is 0 Å². The van der Waals surface area contributed by atoms with Crippen LogP contribution in [0.3, 0.4) is 0 Å². The molecule has 0 aliphatic carbocycles. The van der Waals surface area contributed by atoms with Gasteiger partial charge in [-0.15, -0.1) is 24.0 Å². The molecule has 1 fully saturated rings. The highest BCUT2D eigenvalue weighted by Crippen LogP contribution is 2.32. The number of rotatable bonds is 7. The smallest absolute Gasteiger partial charge is 0.195 e. The molecule has 2 heterocycles. The van der Waals surface area contributed by atoms with Crippen molar-refractivity contribution in [1.82, 2.24) is 10.2 Å². The summed E-state index contributed by atoms with van der Waals surface area (Å²) in [6.45, 7) is 6.91. The second kappa shape index (κ2) is 13.6. The first kappa shape index (κ1) is 25.5. The normalized spacial score (nSPS) is 16.5. The van der Waals surface area contributed by atoms with E-state index in [4.69, 9.17) is 19.2 Å². The van der Waals surface area contributed by atoms with Crippen molar-refractivity contribution in [3.63, 3.8) is 0 Å². The van der Waals surface area contributed by atoms with Gasteiger partial charge in [0.15, 0.2) is 17.5 Å². The largest absolute Gasteiger partial charge is 0.490 e. The Labute approximate surface area is 211 Å². The van der Waals surface area contributed by atoms with E-state index >= 15 is 0 Å². The fourth-order valence-corrected chi connectivity index (χ4v) is 3.66. The van der Waals surface area contributed by atoms with Gasteiger partial charge in [-0.1, -0.05) is 12.1 Å². The van der Waals surface area contributed by atoms with Crippen LogP contribution in [-0.2, 0) is 11.2 Å². The molecule has 1 saturated heterocycles. The molecule has 2 N–H and O–H groups in total. The van der Waals surface area contributed by atoms with Gasteiger partial charge < -0.3 is 24.8 Å². The van der Waals surface area contributed by atoms with Crippen molar-refractivity contribution in [2.24, 2.45) is 4.99 Å². The summed E-state index contributed by atoms with van der Waals surface area (Å²) in [5.74, 6) is 1.97. The molecule has 2 aliphatic rings. The van der Waals surface area contributed by atoms with Gasteiger partial charge in [0.1, 0.15) is 5.82 Å². The van der Waals surface area contributed by atoms with E-state index in [-0.39, 0.29) is 29.8 Å². The summed E-state index contributed by atoms with van der Waals surface area (Å²) in [7, 11) is 0. The van der Waals surface area contributed by atoms with Crippen molar-refractivity contribution in [2.45, 2.75) is 12.8 Å². The predicted octanol–water partition coefficient (Wildman–Crippen LogP) is 3.54. The number of nitrogens with one attached hydrogen (secondary N) is 2. The lowest BCUT2D eigenvalue weighted by molar-refractivity contribution is 0.0394. The first-order chi connectivity index (χ1) is 15.8. The third kappa shape index (κ3) is 8.31. The van der Waals surface area contributed by atoms with Crippen molar-refractivity contribution in [3.8, 4) is 11.5 Å². The third-order valence-electron chi connectivity index (χ3n) is 5.40. The summed E-state index contributed by atoms with van der Waals surface area (Å²) in [5, 5.41) is 6.74. The maximum Gasteiger partial charge on any atom is 0.195 e. The Morgan fingerprint density at radius 2 is 1.82 bits per heavy atom. The number of hydrogen-bond acceptors (Lipinski definition) is 5. The highest BCUT2D eigenvalue weighted by molar-refractivity contribution is 14.0. The first-order valence-corrected chi connectivity index (χ1v) is 11.3. The van der Waals surface area contributed by atoms with Crippen molar-refractivity contribution in [3.05, 3.63) is 53.8 Å². The number of hydrogen-bond donors (Lipinski definition) is 2. The molecule has 0 radical (unpaired) electrons. The van der Waals surface area contributed by atoms with Crippen LogP contribution in [0.2, 0.25) is 0 Å². The van der Waals surface area contributed by atoms with Crippen LogP contribution in [0.1, 0.15) is 12.0 Å². The first-order valence-electron chi connectivity index (χ1n) is 11.3. The van der Waals surface area contributed by atoms with E-state index in [1.165, 1.54) is 6.07 Å². The van der Waals surface area contributed by atoms with Crippen molar-refractivity contribution >= 4 is 35.6 Å². The quantitative estimate of drug-likeness (QED) is 0.302. The summed E-state index contributed by atoms with van der Waals surface area (Å²) in [5.41, 5.74) is 1.82. The van der Waals surface area contributed by atoms with Gasteiger partial charge in [-0.25, -0.2) is 4.39 Å². The Hall–Kier alpha value is -2.11. The third-order valence-corrected chi connectivity index (χ3v) is 5.40. The summed E-state index contributed by atoms with van der Waals surface area (Å²) < 4.78 is 30.4. The van der Waals surface area contributed by atoms with Crippen LogP contribution in [0.4, 0.5) is 10.1 Å². The number of morpholine rings is 1. The molecule has 0 atom stereocenters. The SMILES string of the molecule is Fc1cccc(CCNC(=NCCN2CCOCC2)Nc2ccc3c(c2)OCCCO3)c1.I. The number of halogens is 2. The van der Waals surface area contributed by atoms with Crippen LogP contribution in [0.25, 0.3) is 0 Å². The zero-order chi connectivity index (χ0) is 22.0. The fraction of sp³-hybridized carbons (Fsp3) is 0.458. The lowest BCUT2D eigenvalue weighted by Gasteiger charge is -2.25.